The van der Waals surface area contributed by atoms with Gasteiger partial charge in [0.05, 0.1) is 23.8 Å². The van der Waals surface area contributed by atoms with Crippen molar-refractivity contribution in [1.29, 1.82) is 0 Å². The highest BCUT2D eigenvalue weighted by atomic mass is 19.1. The minimum absolute atomic E-state index is 0.0523. The van der Waals surface area contributed by atoms with Crippen LogP contribution in [-0.4, -0.2) is 14.5 Å². The van der Waals surface area contributed by atoms with Gasteiger partial charge < -0.3 is 15.6 Å². The maximum atomic E-state index is 14.7. The van der Waals surface area contributed by atoms with Gasteiger partial charge in [-0.3, -0.25) is 4.79 Å². The van der Waals surface area contributed by atoms with Gasteiger partial charge in [0.25, 0.3) is 5.69 Å². The first kappa shape index (κ1) is 20.0. The number of fused-ring (bicyclic) bond motifs is 1. The van der Waals surface area contributed by atoms with Crippen LogP contribution in [0, 0.1) is 12.4 Å². The van der Waals surface area contributed by atoms with Crippen molar-refractivity contribution in [2.75, 3.05) is 11.1 Å². The number of nitrogens with two attached hydrogens (primary N) is 1. The summed E-state index contributed by atoms with van der Waals surface area (Å²) >= 11 is 0. The van der Waals surface area contributed by atoms with Crippen molar-refractivity contribution in [1.82, 2.24) is 14.5 Å². The standard InChI is InChI=1S/C23H19FN6O/c1-13(29-23-18(26-2)22(25)27-12-28-23)17-19(14-8-5-4-6-9-14)30(3)20-15(21(17)31)10-7-11-16(20)24/h4-13H,1,3H3,(H3,25,27,28,29). The van der Waals surface area contributed by atoms with E-state index in [1.165, 1.54) is 18.5 Å². The Bertz CT molecular complexity index is 1390. The van der Waals surface area contributed by atoms with Crippen LogP contribution < -0.4 is 16.5 Å². The number of anilines is 2. The summed E-state index contributed by atoms with van der Waals surface area (Å²) in [5, 5.41) is 3.40. The minimum atomic E-state index is -0.559. The molecule has 0 aliphatic heterocycles. The highest BCUT2D eigenvalue weighted by Gasteiger charge is 2.24. The lowest BCUT2D eigenvalue weighted by atomic mass is 9.97. The lowest BCUT2D eigenvalue weighted by molar-refractivity contribution is 0.630. The molecular formula is C23H19FN6O. The smallest absolute Gasteiger partial charge is 0.268 e. The van der Waals surface area contributed by atoms with Gasteiger partial charge in [0, 0.05) is 18.0 Å². The average molecular weight is 414 g/mol. The molecule has 2 heterocycles. The van der Waals surface area contributed by atoms with Crippen LogP contribution in [0.15, 0.2) is 59.7 Å². The molecule has 0 amide bonds. The fourth-order valence-electron chi connectivity index (χ4n) is 3.82. The van der Waals surface area contributed by atoms with Gasteiger partial charge in [0.1, 0.15) is 23.8 Å². The third kappa shape index (κ3) is 3.36. The SMILES string of the molecule is [C-]#[N+]c1c(N)ncnc1NC(C)c1c(-c2ccccc2)n(C)c2c(F)cccc2c1=O. The number of para-hydroxylation sites is 1. The zero-order chi connectivity index (χ0) is 22.1. The quantitative estimate of drug-likeness (QED) is 0.482. The molecule has 0 aliphatic carbocycles. The first-order valence-electron chi connectivity index (χ1n) is 9.55. The summed E-state index contributed by atoms with van der Waals surface area (Å²) in [6.45, 7) is 9.17. The van der Waals surface area contributed by atoms with Gasteiger partial charge in [0.15, 0.2) is 5.43 Å². The first-order valence-corrected chi connectivity index (χ1v) is 9.55. The van der Waals surface area contributed by atoms with E-state index in [0.717, 1.165) is 5.56 Å². The summed E-state index contributed by atoms with van der Waals surface area (Å²) in [5.41, 5.74) is 7.60. The first-order chi connectivity index (χ1) is 14.9. The number of nitrogen functional groups attached to an aromatic ring is 1. The third-order valence-corrected chi connectivity index (χ3v) is 5.20. The topological polar surface area (TPSA) is 90.2 Å². The maximum Gasteiger partial charge on any atom is 0.268 e. The molecule has 4 rings (SSSR count). The van der Waals surface area contributed by atoms with Gasteiger partial charge in [0.2, 0.25) is 0 Å². The van der Waals surface area contributed by atoms with Crippen LogP contribution in [-0.2, 0) is 7.05 Å². The van der Waals surface area contributed by atoms with Gasteiger partial charge in [-0.2, -0.15) is 0 Å². The van der Waals surface area contributed by atoms with Crippen LogP contribution in [0.25, 0.3) is 27.0 Å². The molecule has 7 nitrogen and oxygen atoms in total. The fourth-order valence-corrected chi connectivity index (χ4v) is 3.82. The van der Waals surface area contributed by atoms with E-state index in [4.69, 9.17) is 12.3 Å². The van der Waals surface area contributed by atoms with Crippen LogP contribution >= 0.6 is 0 Å². The number of aromatic nitrogens is 3. The van der Waals surface area contributed by atoms with Gasteiger partial charge in [-0.1, -0.05) is 36.4 Å². The van der Waals surface area contributed by atoms with Gasteiger partial charge >= 0.3 is 0 Å². The molecule has 0 spiro atoms. The van der Waals surface area contributed by atoms with E-state index in [0.29, 0.717) is 11.3 Å². The second-order valence-electron chi connectivity index (χ2n) is 7.09. The average Bonchev–Trinajstić information content (AvgIpc) is 2.76. The Morgan fingerprint density at radius 2 is 1.90 bits per heavy atom. The molecule has 0 aliphatic rings. The molecule has 0 bridgehead atoms. The van der Waals surface area contributed by atoms with Crippen molar-refractivity contribution < 1.29 is 4.39 Å². The normalized spacial score (nSPS) is 11.8. The molecule has 1 atom stereocenters. The summed E-state index contributed by atoms with van der Waals surface area (Å²) in [5.74, 6) is -0.188. The summed E-state index contributed by atoms with van der Waals surface area (Å²) < 4.78 is 16.4. The van der Waals surface area contributed by atoms with E-state index in [-0.39, 0.29) is 33.7 Å². The van der Waals surface area contributed by atoms with Gasteiger partial charge in [-0.05, 0) is 24.6 Å². The van der Waals surface area contributed by atoms with E-state index >= 15 is 0 Å². The molecule has 0 saturated carbocycles. The molecule has 2 aromatic carbocycles. The Hall–Kier alpha value is -4.25. The molecule has 4 aromatic rings. The van der Waals surface area contributed by atoms with Crippen molar-refractivity contribution in [3.63, 3.8) is 0 Å². The maximum absolute atomic E-state index is 14.7. The van der Waals surface area contributed by atoms with E-state index in [9.17, 15) is 9.18 Å². The Morgan fingerprint density at radius 3 is 2.61 bits per heavy atom. The van der Waals surface area contributed by atoms with E-state index in [2.05, 4.69) is 20.1 Å². The third-order valence-electron chi connectivity index (χ3n) is 5.20. The Morgan fingerprint density at radius 1 is 1.16 bits per heavy atom. The lowest BCUT2D eigenvalue weighted by Crippen LogP contribution is -2.23. The number of nitrogens with one attached hydrogen (secondary N) is 1. The lowest BCUT2D eigenvalue weighted by Gasteiger charge is -2.23. The summed E-state index contributed by atoms with van der Waals surface area (Å²) in [7, 11) is 1.73. The van der Waals surface area contributed by atoms with Crippen LogP contribution in [0.3, 0.4) is 0 Å². The minimum Gasteiger partial charge on any atom is -0.392 e. The zero-order valence-corrected chi connectivity index (χ0v) is 16.9. The molecule has 154 valence electrons. The number of benzene rings is 2. The summed E-state index contributed by atoms with van der Waals surface area (Å²) in [6, 6.07) is 13.2. The number of nitrogens with zero attached hydrogens (tertiary/aromatic N) is 4. The molecule has 2 aromatic heterocycles. The molecule has 0 radical (unpaired) electrons. The van der Waals surface area contributed by atoms with E-state index in [1.807, 2.05) is 30.3 Å². The Labute approximate surface area is 177 Å². The van der Waals surface area contributed by atoms with Crippen molar-refractivity contribution in [3.8, 4) is 11.3 Å². The predicted octanol–water partition coefficient (Wildman–Crippen LogP) is 4.44. The number of hydrogen-bond acceptors (Lipinski definition) is 5. The molecule has 31 heavy (non-hydrogen) atoms. The largest absolute Gasteiger partial charge is 0.392 e. The number of rotatable bonds is 4. The highest BCUT2D eigenvalue weighted by molar-refractivity contribution is 5.85. The molecule has 0 saturated heterocycles. The summed E-state index contributed by atoms with van der Waals surface area (Å²) in [4.78, 5) is 24.9. The number of hydrogen-bond donors (Lipinski definition) is 2. The number of aryl methyl sites for hydroxylation is 1. The van der Waals surface area contributed by atoms with Crippen molar-refractivity contribution >= 4 is 28.2 Å². The monoisotopic (exact) mass is 414 g/mol. The zero-order valence-electron chi connectivity index (χ0n) is 16.9. The van der Waals surface area contributed by atoms with Crippen LogP contribution in [0.5, 0.6) is 0 Å². The molecule has 3 N–H and O–H groups in total. The Balaban J connectivity index is 2.00. The van der Waals surface area contributed by atoms with Crippen LogP contribution in [0.4, 0.5) is 21.7 Å². The van der Waals surface area contributed by atoms with Gasteiger partial charge in [-0.15, -0.1) is 0 Å². The summed E-state index contributed by atoms with van der Waals surface area (Å²) in [6.07, 6.45) is 1.26. The molecule has 1 unspecified atom stereocenters. The fraction of sp³-hybridized carbons (Fsp3) is 0.130. The van der Waals surface area contributed by atoms with E-state index in [1.54, 1.807) is 24.6 Å². The van der Waals surface area contributed by atoms with E-state index < -0.39 is 11.9 Å². The Kier molecular flexibility index (Phi) is 5.09. The highest BCUT2D eigenvalue weighted by Crippen LogP contribution is 2.34. The second-order valence-corrected chi connectivity index (χ2v) is 7.09. The number of halogens is 1. The van der Waals surface area contributed by atoms with Crippen molar-refractivity contribution in [2.24, 2.45) is 7.05 Å². The molecular weight excluding hydrogens is 395 g/mol. The van der Waals surface area contributed by atoms with Crippen LogP contribution in [0.1, 0.15) is 18.5 Å². The molecule has 8 heteroatoms. The van der Waals surface area contributed by atoms with Crippen molar-refractivity contribution in [3.05, 3.63) is 87.9 Å². The number of pyridine rings is 1. The van der Waals surface area contributed by atoms with Gasteiger partial charge in [-0.25, -0.2) is 19.2 Å². The van der Waals surface area contributed by atoms with Crippen LogP contribution in [0.2, 0.25) is 0 Å². The predicted molar refractivity (Wildman–Crippen MR) is 119 cm³/mol. The van der Waals surface area contributed by atoms with Crippen molar-refractivity contribution in [2.45, 2.75) is 13.0 Å². The second kappa shape index (κ2) is 7.88. The molecule has 0 fully saturated rings.